The predicted molar refractivity (Wildman–Crippen MR) is 114 cm³/mol. The molecule has 2 aromatic rings. The van der Waals surface area contributed by atoms with Crippen LogP contribution in [0.4, 0.5) is 4.79 Å². The van der Waals surface area contributed by atoms with Crippen LogP contribution in [0.2, 0.25) is 5.02 Å². The first-order valence-corrected chi connectivity index (χ1v) is 10.9. The highest BCUT2D eigenvalue weighted by molar-refractivity contribution is 6.30. The van der Waals surface area contributed by atoms with E-state index in [1.165, 1.54) is 19.3 Å². The number of aromatic nitrogens is 3. The second kappa shape index (κ2) is 9.04. The Morgan fingerprint density at radius 2 is 1.77 bits per heavy atom. The van der Waals surface area contributed by atoms with Crippen molar-refractivity contribution in [2.75, 3.05) is 26.2 Å². The van der Waals surface area contributed by atoms with E-state index in [0.29, 0.717) is 42.6 Å². The zero-order valence-corrected chi connectivity index (χ0v) is 17.9. The Morgan fingerprint density at radius 1 is 1.07 bits per heavy atom. The minimum atomic E-state index is -0.159. The molecule has 0 atom stereocenters. The summed E-state index contributed by atoms with van der Waals surface area (Å²) >= 11 is 6.06. The van der Waals surface area contributed by atoms with Crippen molar-refractivity contribution in [3.05, 3.63) is 40.7 Å². The molecular weight excluding hydrogens is 404 g/mol. The molecule has 2 aliphatic rings. The van der Waals surface area contributed by atoms with Gasteiger partial charge >= 0.3 is 6.03 Å². The number of carbonyl (C=O) groups excluding carboxylic acids is 2. The molecule has 1 aromatic heterocycles. The smallest absolute Gasteiger partial charge is 0.317 e. The number of rotatable bonds is 3. The van der Waals surface area contributed by atoms with Gasteiger partial charge in [-0.2, -0.15) is 0 Å². The van der Waals surface area contributed by atoms with Crippen molar-refractivity contribution in [2.45, 2.75) is 45.1 Å². The van der Waals surface area contributed by atoms with Crippen molar-refractivity contribution < 1.29 is 9.59 Å². The second-order valence-corrected chi connectivity index (χ2v) is 8.42. The third kappa shape index (κ3) is 4.43. The molecule has 1 saturated heterocycles. The standard InChI is InChI=1S/C21H27ClN6O2/c1-15-19(24-25-28(15)18-9-5-6-16(22)14-18)20(29)26-10-12-27(13-11-26)21(30)23-17-7-3-2-4-8-17/h5-6,9,14,17H,2-4,7-8,10-13H2,1H3,(H,23,30). The van der Waals surface area contributed by atoms with Gasteiger partial charge in [-0.05, 0) is 38.0 Å². The van der Waals surface area contributed by atoms with Gasteiger partial charge in [0.1, 0.15) is 0 Å². The minimum Gasteiger partial charge on any atom is -0.335 e. The molecule has 30 heavy (non-hydrogen) atoms. The lowest BCUT2D eigenvalue weighted by Crippen LogP contribution is -2.54. The first-order chi connectivity index (χ1) is 14.5. The Morgan fingerprint density at radius 3 is 2.47 bits per heavy atom. The Hall–Kier alpha value is -2.61. The van der Waals surface area contributed by atoms with Crippen LogP contribution in [0.1, 0.15) is 48.3 Å². The quantitative estimate of drug-likeness (QED) is 0.811. The van der Waals surface area contributed by atoms with Crippen molar-refractivity contribution in [3.8, 4) is 5.69 Å². The number of benzene rings is 1. The number of nitrogens with one attached hydrogen (secondary N) is 1. The molecule has 1 aromatic carbocycles. The lowest BCUT2D eigenvalue weighted by Gasteiger charge is -2.35. The van der Waals surface area contributed by atoms with Gasteiger partial charge in [0.2, 0.25) is 0 Å². The molecular formula is C21H27ClN6O2. The maximum Gasteiger partial charge on any atom is 0.317 e. The topological polar surface area (TPSA) is 83.4 Å². The Labute approximate surface area is 181 Å². The molecule has 0 spiro atoms. The van der Waals surface area contributed by atoms with Crippen LogP contribution in [0.25, 0.3) is 5.69 Å². The van der Waals surface area contributed by atoms with Crippen molar-refractivity contribution >= 4 is 23.5 Å². The molecule has 160 valence electrons. The number of amides is 3. The first kappa shape index (κ1) is 20.7. The van der Waals surface area contributed by atoms with Gasteiger partial charge in [-0.3, -0.25) is 4.79 Å². The lowest BCUT2D eigenvalue weighted by molar-refractivity contribution is 0.0656. The summed E-state index contributed by atoms with van der Waals surface area (Å²) in [6.07, 6.45) is 5.75. The van der Waals surface area contributed by atoms with Crippen molar-refractivity contribution in [3.63, 3.8) is 0 Å². The molecule has 2 heterocycles. The molecule has 1 N–H and O–H groups in total. The zero-order chi connectivity index (χ0) is 21.1. The molecule has 0 radical (unpaired) electrons. The van der Waals surface area contributed by atoms with E-state index in [0.717, 1.165) is 18.5 Å². The summed E-state index contributed by atoms with van der Waals surface area (Å²) in [5, 5.41) is 12.0. The maximum absolute atomic E-state index is 13.0. The van der Waals surface area contributed by atoms with Crippen molar-refractivity contribution in [2.24, 2.45) is 0 Å². The Kier molecular flexibility index (Phi) is 6.22. The number of urea groups is 1. The van der Waals surface area contributed by atoms with Gasteiger partial charge < -0.3 is 15.1 Å². The average Bonchev–Trinajstić information content (AvgIpc) is 3.15. The summed E-state index contributed by atoms with van der Waals surface area (Å²) in [6, 6.07) is 7.53. The van der Waals surface area contributed by atoms with Crippen molar-refractivity contribution in [1.29, 1.82) is 0 Å². The predicted octanol–water partition coefficient (Wildman–Crippen LogP) is 3.03. The third-order valence-corrected chi connectivity index (χ3v) is 6.17. The highest BCUT2D eigenvalue weighted by atomic mass is 35.5. The molecule has 3 amide bonds. The average molecular weight is 431 g/mol. The van der Waals surface area contributed by atoms with Crippen LogP contribution >= 0.6 is 11.6 Å². The molecule has 0 bridgehead atoms. The molecule has 1 aliphatic carbocycles. The third-order valence-electron chi connectivity index (χ3n) is 5.94. The normalized spacial score (nSPS) is 17.8. The number of hydrogen-bond donors (Lipinski definition) is 1. The Bertz CT molecular complexity index is 916. The van der Waals surface area contributed by atoms with Crippen LogP contribution in [-0.2, 0) is 0 Å². The van der Waals surface area contributed by atoms with Crippen molar-refractivity contribution in [1.82, 2.24) is 30.1 Å². The van der Waals surface area contributed by atoms with E-state index in [4.69, 9.17) is 11.6 Å². The highest BCUT2D eigenvalue weighted by Gasteiger charge is 2.29. The summed E-state index contributed by atoms with van der Waals surface area (Å²) in [7, 11) is 0. The van der Waals surface area contributed by atoms with E-state index in [-0.39, 0.29) is 18.0 Å². The monoisotopic (exact) mass is 430 g/mol. The summed E-state index contributed by atoms with van der Waals surface area (Å²) < 4.78 is 1.62. The van der Waals surface area contributed by atoms with Gasteiger partial charge in [-0.1, -0.05) is 42.1 Å². The fourth-order valence-corrected chi connectivity index (χ4v) is 4.34. The highest BCUT2D eigenvalue weighted by Crippen LogP contribution is 2.19. The Balaban J connectivity index is 1.36. The second-order valence-electron chi connectivity index (χ2n) is 7.98. The number of nitrogens with zero attached hydrogens (tertiary/aromatic N) is 5. The summed E-state index contributed by atoms with van der Waals surface area (Å²) in [5.41, 5.74) is 1.76. The van der Waals surface area contributed by atoms with Crippen LogP contribution in [0.3, 0.4) is 0 Å². The summed E-state index contributed by atoms with van der Waals surface area (Å²) in [5.74, 6) is -0.159. The van der Waals surface area contributed by atoms with Gasteiger partial charge in [0.25, 0.3) is 5.91 Å². The van der Waals surface area contributed by atoms with Crippen LogP contribution in [-0.4, -0.2) is 69.0 Å². The zero-order valence-electron chi connectivity index (χ0n) is 17.2. The molecule has 9 heteroatoms. The van der Waals surface area contributed by atoms with E-state index in [1.54, 1.807) is 26.6 Å². The molecule has 2 fully saturated rings. The van der Waals surface area contributed by atoms with Crippen LogP contribution in [0.5, 0.6) is 0 Å². The van der Waals surface area contributed by atoms with Gasteiger partial charge in [-0.15, -0.1) is 5.10 Å². The SMILES string of the molecule is Cc1c(C(=O)N2CCN(C(=O)NC3CCCCC3)CC2)nnn1-c1cccc(Cl)c1. The first-order valence-electron chi connectivity index (χ1n) is 10.6. The van der Waals surface area contributed by atoms with E-state index in [2.05, 4.69) is 15.6 Å². The summed E-state index contributed by atoms with van der Waals surface area (Å²) in [4.78, 5) is 29.1. The fourth-order valence-electron chi connectivity index (χ4n) is 4.16. The summed E-state index contributed by atoms with van der Waals surface area (Å²) in [6.45, 7) is 3.83. The molecule has 8 nitrogen and oxygen atoms in total. The van der Waals surface area contributed by atoms with Gasteiger partial charge in [0.15, 0.2) is 5.69 Å². The van der Waals surface area contributed by atoms with Crippen LogP contribution < -0.4 is 5.32 Å². The number of hydrogen-bond acceptors (Lipinski definition) is 4. The van der Waals surface area contributed by atoms with Gasteiger partial charge in [0, 0.05) is 37.2 Å². The molecule has 1 aliphatic heterocycles. The fraction of sp³-hybridized carbons (Fsp3) is 0.524. The number of halogens is 1. The lowest BCUT2D eigenvalue weighted by atomic mass is 9.96. The molecule has 4 rings (SSSR count). The van der Waals surface area contributed by atoms with E-state index >= 15 is 0 Å². The largest absolute Gasteiger partial charge is 0.335 e. The maximum atomic E-state index is 13.0. The van der Waals surface area contributed by atoms with Crippen LogP contribution in [0, 0.1) is 6.92 Å². The van der Waals surface area contributed by atoms with E-state index < -0.39 is 0 Å². The van der Waals surface area contributed by atoms with Gasteiger partial charge in [-0.25, -0.2) is 9.48 Å². The van der Waals surface area contributed by atoms with E-state index in [9.17, 15) is 9.59 Å². The van der Waals surface area contributed by atoms with E-state index in [1.807, 2.05) is 19.1 Å². The molecule has 0 unspecified atom stereocenters. The number of carbonyl (C=O) groups is 2. The molecule has 1 saturated carbocycles. The number of piperazine rings is 1. The minimum absolute atomic E-state index is 0.0166. The van der Waals surface area contributed by atoms with Crippen LogP contribution in [0.15, 0.2) is 24.3 Å². The van der Waals surface area contributed by atoms with Gasteiger partial charge in [0.05, 0.1) is 11.4 Å².